The molecule has 0 aliphatic rings. The summed E-state index contributed by atoms with van der Waals surface area (Å²) in [5, 5.41) is -0.414. The van der Waals surface area contributed by atoms with Crippen LogP contribution < -0.4 is 0 Å². The van der Waals surface area contributed by atoms with Crippen molar-refractivity contribution in [1.29, 1.82) is 0 Å². The Kier molecular flexibility index (Phi) is 2.17. The summed E-state index contributed by atoms with van der Waals surface area (Å²) in [5.74, 6) is 0. The Hall–Kier alpha value is -0.590. The van der Waals surface area contributed by atoms with Gasteiger partial charge in [0.05, 0.1) is 0 Å². The molecule has 0 radical (unpaired) electrons. The molecule has 11 heavy (non-hydrogen) atoms. The van der Waals surface area contributed by atoms with Crippen LogP contribution in [0.15, 0.2) is 28.3 Å². The van der Waals surface area contributed by atoms with Crippen LogP contribution in [0.5, 0.6) is 0 Å². The van der Waals surface area contributed by atoms with E-state index in [1.165, 1.54) is 18.3 Å². The third-order valence-corrected chi connectivity index (χ3v) is 2.32. The highest BCUT2D eigenvalue weighted by Crippen LogP contribution is 2.14. The molecule has 1 heterocycles. The average Bonchev–Trinajstić information content (AvgIpc) is 1.86. The van der Waals surface area contributed by atoms with Gasteiger partial charge in [-0.05, 0) is 12.1 Å². The molecule has 0 aliphatic heterocycles. The van der Waals surface area contributed by atoms with Gasteiger partial charge in [0.25, 0.3) is 0 Å². The molecule has 4 nitrogen and oxygen atoms in total. The molecular weight excluding hydrogens is 186 g/mol. The van der Waals surface area contributed by atoms with E-state index in [0.29, 0.717) is 0 Å². The molecule has 1 aromatic heterocycles. The van der Waals surface area contributed by atoms with Gasteiger partial charge >= 0.3 is 10.1 Å². The molecule has 1 aromatic rings. The first-order valence-electron chi connectivity index (χ1n) is 2.63. The van der Waals surface area contributed by atoms with E-state index in [-0.39, 0.29) is 4.90 Å². The Morgan fingerprint density at radius 1 is 1.55 bits per heavy atom. The van der Waals surface area contributed by atoms with Gasteiger partial charge in [-0.3, -0.25) is 4.55 Å². The first-order valence-corrected chi connectivity index (χ1v) is 4.52. The van der Waals surface area contributed by atoms with Crippen LogP contribution >= 0.6 is 12.6 Å². The van der Waals surface area contributed by atoms with E-state index in [2.05, 4.69) is 17.6 Å². The lowest BCUT2D eigenvalue weighted by Crippen LogP contribution is -2.01. The van der Waals surface area contributed by atoms with Gasteiger partial charge in [-0.2, -0.15) is 8.42 Å². The minimum absolute atomic E-state index is 0.134. The molecule has 0 unspecified atom stereocenters. The van der Waals surface area contributed by atoms with Gasteiger partial charge < -0.3 is 0 Å². The predicted molar refractivity (Wildman–Crippen MR) is 41.3 cm³/mol. The Morgan fingerprint density at radius 2 is 2.18 bits per heavy atom. The zero-order valence-corrected chi connectivity index (χ0v) is 7.01. The molecule has 6 heteroatoms. The largest absolute Gasteiger partial charge is 0.313 e. The van der Waals surface area contributed by atoms with E-state index < -0.39 is 15.1 Å². The first kappa shape index (κ1) is 8.51. The van der Waals surface area contributed by atoms with Crippen molar-refractivity contribution < 1.29 is 13.0 Å². The summed E-state index contributed by atoms with van der Waals surface area (Å²) in [7, 11) is -4.22. The van der Waals surface area contributed by atoms with Crippen LogP contribution in [0.25, 0.3) is 0 Å². The molecule has 0 aromatic carbocycles. The SMILES string of the molecule is O=S(=O)(O)c1ncccc1S. The number of hydrogen-bond donors (Lipinski definition) is 2. The number of rotatable bonds is 1. The summed E-state index contributed by atoms with van der Waals surface area (Å²) in [5.41, 5.74) is 0. The highest BCUT2D eigenvalue weighted by Gasteiger charge is 2.13. The number of pyridine rings is 1. The fraction of sp³-hybridized carbons (Fsp3) is 0. The van der Waals surface area contributed by atoms with Crippen LogP contribution in [0.3, 0.4) is 0 Å². The number of thiol groups is 1. The summed E-state index contributed by atoms with van der Waals surface area (Å²) < 4.78 is 29.5. The minimum Gasteiger partial charge on any atom is -0.281 e. The van der Waals surface area contributed by atoms with Crippen LogP contribution in [0.2, 0.25) is 0 Å². The van der Waals surface area contributed by atoms with Crippen molar-refractivity contribution in [1.82, 2.24) is 4.98 Å². The molecule has 0 spiro atoms. The number of nitrogens with zero attached hydrogens (tertiary/aromatic N) is 1. The Labute approximate surface area is 69.4 Å². The van der Waals surface area contributed by atoms with Crippen LogP contribution in [-0.2, 0) is 10.1 Å². The normalized spacial score (nSPS) is 11.5. The Balaban J connectivity index is 3.37. The van der Waals surface area contributed by atoms with E-state index in [4.69, 9.17) is 4.55 Å². The van der Waals surface area contributed by atoms with Gasteiger partial charge in [0.1, 0.15) is 0 Å². The van der Waals surface area contributed by atoms with Crippen molar-refractivity contribution in [3.63, 3.8) is 0 Å². The van der Waals surface area contributed by atoms with E-state index in [9.17, 15) is 8.42 Å². The first-order chi connectivity index (χ1) is 5.02. The summed E-state index contributed by atoms with van der Waals surface area (Å²) in [4.78, 5) is 3.57. The molecule has 0 saturated carbocycles. The third-order valence-electron chi connectivity index (χ3n) is 0.995. The molecule has 1 rings (SSSR count). The maximum absolute atomic E-state index is 10.5. The Bertz CT molecular complexity index is 360. The van der Waals surface area contributed by atoms with Crippen molar-refractivity contribution in [3.8, 4) is 0 Å². The molecular formula is C5H5NO3S2. The maximum Gasteiger partial charge on any atom is 0.313 e. The lowest BCUT2D eigenvalue weighted by Gasteiger charge is -1.96. The maximum atomic E-state index is 10.5. The summed E-state index contributed by atoms with van der Waals surface area (Å²) in [6, 6.07) is 2.95. The van der Waals surface area contributed by atoms with Crippen LogP contribution in [0, 0.1) is 0 Å². The molecule has 0 fully saturated rings. The highest BCUT2D eigenvalue weighted by atomic mass is 32.2. The van der Waals surface area contributed by atoms with Gasteiger partial charge in [-0.25, -0.2) is 4.98 Å². The predicted octanol–water partition coefficient (Wildman–Crippen LogP) is 0.617. The summed E-state index contributed by atoms with van der Waals surface area (Å²) in [6.45, 7) is 0. The van der Waals surface area contributed by atoms with E-state index in [0.717, 1.165) is 0 Å². The van der Waals surface area contributed by atoms with Crippen LogP contribution in [0.1, 0.15) is 0 Å². The quantitative estimate of drug-likeness (QED) is 0.504. The van der Waals surface area contributed by atoms with Crippen LogP contribution in [-0.4, -0.2) is 18.0 Å². The summed E-state index contributed by atoms with van der Waals surface area (Å²) >= 11 is 3.79. The standard InChI is InChI=1S/C5H5NO3S2/c7-11(8,9)5-4(10)2-1-3-6-5/h1-3,10H,(H,7,8,9). The highest BCUT2D eigenvalue weighted by molar-refractivity contribution is 7.87. The van der Waals surface area contributed by atoms with E-state index in [1.54, 1.807) is 0 Å². The molecule has 0 amide bonds. The smallest absolute Gasteiger partial charge is 0.281 e. The zero-order chi connectivity index (χ0) is 8.48. The van der Waals surface area contributed by atoms with Gasteiger partial charge in [-0.1, -0.05) is 0 Å². The minimum atomic E-state index is -4.22. The Morgan fingerprint density at radius 3 is 2.55 bits per heavy atom. The second-order valence-corrected chi connectivity index (χ2v) is 3.62. The fourth-order valence-electron chi connectivity index (χ4n) is 0.581. The average molecular weight is 191 g/mol. The second kappa shape index (κ2) is 2.80. The van der Waals surface area contributed by atoms with Crippen molar-refractivity contribution in [2.24, 2.45) is 0 Å². The number of hydrogen-bond acceptors (Lipinski definition) is 4. The van der Waals surface area contributed by atoms with Gasteiger partial charge in [0.15, 0.2) is 5.03 Å². The van der Waals surface area contributed by atoms with E-state index in [1.807, 2.05) is 0 Å². The molecule has 60 valence electrons. The molecule has 1 N–H and O–H groups in total. The van der Waals surface area contributed by atoms with Crippen molar-refractivity contribution >= 4 is 22.7 Å². The monoisotopic (exact) mass is 191 g/mol. The third kappa shape index (κ3) is 1.92. The molecule has 0 bridgehead atoms. The molecule has 0 atom stereocenters. The van der Waals surface area contributed by atoms with Crippen molar-refractivity contribution in [2.75, 3.05) is 0 Å². The fourth-order valence-corrected chi connectivity index (χ4v) is 1.60. The van der Waals surface area contributed by atoms with Gasteiger partial charge in [-0.15, -0.1) is 12.6 Å². The number of aromatic nitrogens is 1. The van der Waals surface area contributed by atoms with Crippen molar-refractivity contribution in [2.45, 2.75) is 9.92 Å². The lowest BCUT2D eigenvalue weighted by atomic mass is 10.5. The van der Waals surface area contributed by atoms with E-state index >= 15 is 0 Å². The van der Waals surface area contributed by atoms with Crippen molar-refractivity contribution in [3.05, 3.63) is 18.3 Å². The zero-order valence-electron chi connectivity index (χ0n) is 5.30. The molecule has 0 saturated heterocycles. The lowest BCUT2D eigenvalue weighted by molar-refractivity contribution is 0.476. The second-order valence-electron chi connectivity index (χ2n) is 1.80. The summed E-state index contributed by atoms with van der Waals surface area (Å²) in [6.07, 6.45) is 1.27. The van der Waals surface area contributed by atoms with Gasteiger partial charge in [0, 0.05) is 11.1 Å². The van der Waals surface area contributed by atoms with Gasteiger partial charge in [0.2, 0.25) is 0 Å². The molecule has 0 aliphatic carbocycles. The van der Waals surface area contributed by atoms with Crippen LogP contribution in [0.4, 0.5) is 0 Å². The topological polar surface area (TPSA) is 67.3 Å².